The number of rotatable bonds is 0. The van der Waals surface area contributed by atoms with Gasteiger partial charge in [0.15, 0.2) is 0 Å². The number of hydrogen-bond donors (Lipinski definition) is 0. The van der Waals surface area contributed by atoms with Crippen LogP contribution in [0.5, 0.6) is 0 Å². The van der Waals surface area contributed by atoms with Crippen molar-refractivity contribution in [3.8, 4) is 0 Å². The number of piperidine rings is 1. The molecule has 2 amide bonds. The third-order valence-corrected chi connectivity index (χ3v) is 3.47. The van der Waals surface area contributed by atoms with Crippen molar-refractivity contribution in [3.05, 3.63) is 0 Å². The SMILES string of the molecule is CN1CC2(CCN(C(=O)OC(C)(C)C)CC2)OC1=O. The van der Waals surface area contributed by atoms with E-state index in [0.717, 1.165) is 0 Å². The number of amides is 2. The summed E-state index contributed by atoms with van der Waals surface area (Å²) in [5.74, 6) is 0. The van der Waals surface area contributed by atoms with Gasteiger partial charge in [-0.2, -0.15) is 0 Å². The second kappa shape index (κ2) is 4.58. The highest BCUT2D eigenvalue weighted by atomic mass is 16.6. The summed E-state index contributed by atoms with van der Waals surface area (Å²) in [5.41, 5.74) is -0.892. The topological polar surface area (TPSA) is 59.1 Å². The van der Waals surface area contributed by atoms with Crippen LogP contribution >= 0.6 is 0 Å². The Kier molecular flexibility index (Phi) is 3.36. The molecule has 0 radical (unpaired) electrons. The molecule has 2 aliphatic rings. The summed E-state index contributed by atoms with van der Waals surface area (Å²) in [5, 5.41) is 0. The summed E-state index contributed by atoms with van der Waals surface area (Å²) in [6, 6.07) is 0. The number of hydrogen-bond acceptors (Lipinski definition) is 4. The van der Waals surface area contributed by atoms with E-state index in [1.165, 1.54) is 0 Å². The van der Waals surface area contributed by atoms with Gasteiger partial charge in [0.25, 0.3) is 0 Å². The second-order valence-corrected chi connectivity index (χ2v) is 6.37. The lowest BCUT2D eigenvalue weighted by Gasteiger charge is -2.37. The van der Waals surface area contributed by atoms with Crippen molar-refractivity contribution in [2.24, 2.45) is 0 Å². The van der Waals surface area contributed by atoms with Gasteiger partial charge in [0.05, 0.1) is 6.54 Å². The van der Waals surface area contributed by atoms with E-state index >= 15 is 0 Å². The number of nitrogens with zero attached hydrogens (tertiary/aromatic N) is 2. The maximum Gasteiger partial charge on any atom is 0.410 e. The lowest BCUT2D eigenvalue weighted by molar-refractivity contribution is -0.0169. The van der Waals surface area contributed by atoms with Crippen molar-refractivity contribution in [1.29, 1.82) is 0 Å². The van der Waals surface area contributed by atoms with Gasteiger partial charge in [-0.15, -0.1) is 0 Å². The fourth-order valence-electron chi connectivity index (χ4n) is 2.48. The van der Waals surface area contributed by atoms with Crippen molar-refractivity contribution < 1.29 is 19.1 Å². The monoisotopic (exact) mass is 270 g/mol. The lowest BCUT2D eigenvalue weighted by Crippen LogP contribution is -2.49. The Hall–Kier alpha value is -1.46. The van der Waals surface area contributed by atoms with Crippen molar-refractivity contribution in [1.82, 2.24) is 9.80 Å². The third-order valence-electron chi connectivity index (χ3n) is 3.47. The van der Waals surface area contributed by atoms with Crippen molar-refractivity contribution in [3.63, 3.8) is 0 Å². The molecule has 0 aromatic carbocycles. The van der Waals surface area contributed by atoms with Crippen LogP contribution in [0.1, 0.15) is 33.6 Å². The minimum Gasteiger partial charge on any atom is -0.444 e. The summed E-state index contributed by atoms with van der Waals surface area (Å²) in [7, 11) is 1.73. The Morgan fingerprint density at radius 3 is 2.32 bits per heavy atom. The zero-order valence-corrected chi connectivity index (χ0v) is 12.1. The van der Waals surface area contributed by atoms with E-state index < -0.39 is 11.2 Å². The Balaban J connectivity index is 1.89. The van der Waals surface area contributed by atoms with Gasteiger partial charge >= 0.3 is 12.2 Å². The van der Waals surface area contributed by atoms with E-state index in [2.05, 4.69) is 0 Å². The molecule has 0 saturated carbocycles. The van der Waals surface area contributed by atoms with Crippen molar-refractivity contribution in [2.75, 3.05) is 26.7 Å². The number of carbonyl (C=O) groups is 2. The molecule has 0 aromatic heterocycles. The highest BCUT2D eigenvalue weighted by Crippen LogP contribution is 2.32. The maximum absolute atomic E-state index is 11.9. The van der Waals surface area contributed by atoms with Gasteiger partial charge in [-0.05, 0) is 20.8 Å². The summed E-state index contributed by atoms with van der Waals surface area (Å²) in [4.78, 5) is 26.6. The van der Waals surface area contributed by atoms with E-state index in [1.54, 1.807) is 16.8 Å². The predicted octanol–water partition coefficient (Wildman–Crippen LogP) is 1.84. The highest BCUT2D eigenvalue weighted by molar-refractivity contribution is 5.71. The van der Waals surface area contributed by atoms with E-state index in [1.807, 2.05) is 20.8 Å². The minimum atomic E-state index is -0.480. The summed E-state index contributed by atoms with van der Waals surface area (Å²) in [6.45, 7) is 7.29. The maximum atomic E-state index is 11.9. The zero-order chi connectivity index (χ0) is 14.3. The summed E-state index contributed by atoms with van der Waals surface area (Å²) in [6.07, 6.45) is 0.774. The standard InChI is InChI=1S/C13H22N2O4/c1-12(2,3)18-11(17)15-7-5-13(6-8-15)9-14(4)10(16)19-13/h5-9H2,1-4H3. The van der Waals surface area contributed by atoms with Crippen LogP contribution in [0, 0.1) is 0 Å². The molecule has 0 atom stereocenters. The molecule has 2 heterocycles. The number of carbonyl (C=O) groups excluding carboxylic acids is 2. The van der Waals surface area contributed by atoms with E-state index in [-0.39, 0.29) is 12.2 Å². The zero-order valence-electron chi connectivity index (χ0n) is 12.1. The predicted molar refractivity (Wildman–Crippen MR) is 68.9 cm³/mol. The molecular weight excluding hydrogens is 248 g/mol. The molecule has 0 bridgehead atoms. The van der Waals surface area contributed by atoms with Gasteiger partial charge in [-0.25, -0.2) is 9.59 Å². The number of ether oxygens (including phenoxy) is 2. The molecule has 2 aliphatic heterocycles. The molecule has 108 valence electrons. The van der Waals surface area contributed by atoms with Crippen LogP contribution in [0.3, 0.4) is 0 Å². The van der Waals surface area contributed by atoms with Gasteiger partial charge in [0, 0.05) is 33.0 Å². The van der Waals surface area contributed by atoms with Crippen LogP contribution in [-0.4, -0.2) is 59.9 Å². The molecule has 2 saturated heterocycles. The molecule has 6 nitrogen and oxygen atoms in total. The lowest BCUT2D eigenvalue weighted by atomic mass is 9.91. The fraction of sp³-hybridized carbons (Fsp3) is 0.846. The Labute approximate surface area is 113 Å². The first-order valence-corrected chi connectivity index (χ1v) is 6.63. The van der Waals surface area contributed by atoms with Crippen molar-refractivity contribution >= 4 is 12.2 Å². The van der Waals surface area contributed by atoms with E-state index in [4.69, 9.17) is 9.47 Å². The smallest absolute Gasteiger partial charge is 0.410 e. The molecule has 0 aromatic rings. The van der Waals surface area contributed by atoms with Gasteiger partial charge in [-0.1, -0.05) is 0 Å². The summed E-state index contributed by atoms with van der Waals surface area (Å²) >= 11 is 0. The van der Waals surface area contributed by atoms with Crippen LogP contribution in [0.4, 0.5) is 9.59 Å². The molecule has 19 heavy (non-hydrogen) atoms. The van der Waals surface area contributed by atoms with E-state index in [9.17, 15) is 9.59 Å². The molecule has 0 N–H and O–H groups in total. The third kappa shape index (κ3) is 3.11. The average Bonchev–Trinajstić information content (AvgIpc) is 2.52. The molecule has 6 heteroatoms. The molecule has 1 spiro atoms. The van der Waals surface area contributed by atoms with Crippen LogP contribution in [-0.2, 0) is 9.47 Å². The minimum absolute atomic E-state index is 0.272. The van der Waals surface area contributed by atoms with Gasteiger partial charge in [-0.3, -0.25) is 0 Å². The van der Waals surface area contributed by atoms with Crippen LogP contribution in [0.2, 0.25) is 0 Å². The second-order valence-electron chi connectivity index (χ2n) is 6.37. The van der Waals surface area contributed by atoms with E-state index in [0.29, 0.717) is 32.5 Å². The molecule has 2 fully saturated rings. The largest absolute Gasteiger partial charge is 0.444 e. The van der Waals surface area contributed by atoms with Gasteiger partial charge < -0.3 is 19.3 Å². The van der Waals surface area contributed by atoms with Crippen LogP contribution in [0.15, 0.2) is 0 Å². The van der Waals surface area contributed by atoms with Crippen LogP contribution in [0.25, 0.3) is 0 Å². The highest BCUT2D eigenvalue weighted by Gasteiger charge is 2.46. The first kappa shape index (κ1) is 14.0. The average molecular weight is 270 g/mol. The van der Waals surface area contributed by atoms with Gasteiger partial charge in [0.2, 0.25) is 0 Å². The first-order chi connectivity index (χ1) is 8.71. The first-order valence-electron chi connectivity index (χ1n) is 6.63. The van der Waals surface area contributed by atoms with Gasteiger partial charge in [0.1, 0.15) is 11.2 Å². The Morgan fingerprint density at radius 1 is 1.32 bits per heavy atom. The van der Waals surface area contributed by atoms with Crippen molar-refractivity contribution in [2.45, 2.75) is 44.8 Å². The summed E-state index contributed by atoms with van der Waals surface area (Å²) < 4.78 is 10.8. The molecule has 0 unspecified atom stereocenters. The number of likely N-dealkylation sites (N-methyl/N-ethyl adjacent to an activating group) is 1. The fourth-order valence-corrected chi connectivity index (χ4v) is 2.48. The Morgan fingerprint density at radius 2 is 1.89 bits per heavy atom. The normalized spacial score (nSPS) is 22.6. The molecule has 0 aliphatic carbocycles. The molecule has 2 rings (SSSR count). The molecular formula is C13H22N2O4. The van der Waals surface area contributed by atoms with Crippen LogP contribution < -0.4 is 0 Å². The number of likely N-dealkylation sites (tertiary alicyclic amines) is 1. The quantitative estimate of drug-likeness (QED) is 0.674. The Bertz CT molecular complexity index is 381.